The SMILES string of the molecule is CCCCOC(=O)COc1ccc(C(=O)CCC(=O)c2cc3c(s2)CCN(C(=O)OC(C)(C)C)C3)cc1OCC(=O)OCCCC. The smallest absolute Gasteiger partial charge is 0.410 e. The number of nitrogens with zero attached hydrogens (tertiary/aromatic N) is 1. The Balaban J connectivity index is 1.62. The molecule has 0 bridgehead atoms. The first kappa shape index (κ1) is 36.5. The predicted molar refractivity (Wildman–Crippen MR) is 172 cm³/mol. The molecule has 2 heterocycles. The second kappa shape index (κ2) is 17.7. The lowest BCUT2D eigenvalue weighted by atomic mass is 10.0. The van der Waals surface area contributed by atoms with Gasteiger partial charge in [-0.25, -0.2) is 14.4 Å². The molecule has 0 radical (unpaired) electrons. The number of ether oxygens (including phenoxy) is 5. The van der Waals surface area contributed by atoms with Gasteiger partial charge in [-0.3, -0.25) is 9.59 Å². The van der Waals surface area contributed by atoms with Crippen molar-refractivity contribution in [1.82, 2.24) is 4.90 Å². The van der Waals surface area contributed by atoms with E-state index in [1.165, 1.54) is 29.5 Å². The van der Waals surface area contributed by atoms with E-state index in [2.05, 4.69) is 0 Å². The number of fused-ring (bicyclic) bond motifs is 1. The first-order valence-corrected chi connectivity index (χ1v) is 16.6. The molecule has 1 aromatic carbocycles. The van der Waals surface area contributed by atoms with E-state index < -0.39 is 24.1 Å². The lowest BCUT2D eigenvalue weighted by Crippen LogP contribution is -2.39. The summed E-state index contributed by atoms with van der Waals surface area (Å²) in [4.78, 5) is 66.1. The van der Waals surface area contributed by atoms with Crippen LogP contribution in [0.25, 0.3) is 0 Å². The number of ketones is 2. The molecular weight excluding hydrogens is 614 g/mol. The monoisotopic (exact) mass is 659 g/mol. The number of carbonyl (C=O) groups is 5. The Kier molecular flexibility index (Phi) is 14.0. The maximum Gasteiger partial charge on any atom is 0.410 e. The molecular formula is C34H45NO10S. The van der Waals surface area contributed by atoms with Crippen LogP contribution in [-0.2, 0) is 36.8 Å². The Labute approximate surface area is 274 Å². The summed E-state index contributed by atoms with van der Waals surface area (Å²) < 4.78 is 27.0. The zero-order valence-electron chi connectivity index (χ0n) is 27.4. The first-order chi connectivity index (χ1) is 21.9. The van der Waals surface area contributed by atoms with E-state index in [-0.39, 0.29) is 67.4 Å². The third-order valence-electron chi connectivity index (χ3n) is 6.85. The fourth-order valence-corrected chi connectivity index (χ4v) is 5.51. The molecule has 0 atom stereocenters. The summed E-state index contributed by atoms with van der Waals surface area (Å²) in [5, 5.41) is 0. The third kappa shape index (κ3) is 11.8. The fourth-order valence-electron chi connectivity index (χ4n) is 4.38. The van der Waals surface area contributed by atoms with Gasteiger partial charge in [-0.05, 0) is 69.9 Å². The van der Waals surface area contributed by atoms with Crippen molar-refractivity contribution >= 4 is 40.9 Å². The van der Waals surface area contributed by atoms with Gasteiger partial charge in [-0.1, -0.05) is 26.7 Å². The largest absolute Gasteiger partial charge is 0.478 e. The van der Waals surface area contributed by atoms with E-state index in [1.807, 2.05) is 34.6 Å². The third-order valence-corrected chi connectivity index (χ3v) is 8.13. The number of hydrogen-bond acceptors (Lipinski definition) is 11. The molecule has 1 aromatic heterocycles. The van der Waals surface area contributed by atoms with Crippen LogP contribution in [0.1, 0.15) is 104 Å². The normalized spacial score (nSPS) is 12.6. The highest BCUT2D eigenvalue weighted by molar-refractivity contribution is 7.14. The standard InChI is InChI=1S/C34H45NO10S/c1-6-8-16-41-31(38)21-43-27-13-10-23(18-28(27)44-22-32(39)42-17-9-7-2)25(36)11-12-26(37)30-19-24-20-35(15-14-29(24)46-30)33(40)45-34(3,4)5/h10,13,18-19H,6-9,11-12,14-17,20-22H2,1-5H3. The second-order valence-corrected chi connectivity index (χ2v) is 13.1. The number of esters is 2. The quantitative estimate of drug-likeness (QED) is 0.0820. The Morgan fingerprint density at radius 3 is 2.04 bits per heavy atom. The number of hydrogen-bond donors (Lipinski definition) is 0. The van der Waals surface area contributed by atoms with Crippen molar-refractivity contribution in [2.24, 2.45) is 0 Å². The summed E-state index contributed by atoms with van der Waals surface area (Å²) in [5.74, 6) is -1.34. The molecule has 0 unspecified atom stereocenters. The van der Waals surface area contributed by atoms with Crippen LogP contribution in [0.3, 0.4) is 0 Å². The van der Waals surface area contributed by atoms with Gasteiger partial charge in [-0.2, -0.15) is 0 Å². The Morgan fingerprint density at radius 2 is 1.43 bits per heavy atom. The molecule has 1 amide bonds. The maximum atomic E-state index is 13.1. The van der Waals surface area contributed by atoms with Crippen molar-refractivity contribution < 1.29 is 47.7 Å². The van der Waals surface area contributed by atoms with Crippen molar-refractivity contribution in [2.45, 2.75) is 91.7 Å². The van der Waals surface area contributed by atoms with E-state index >= 15 is 0 Å². The summed E-state index contributed by atoms with van der Waals surface area (Å²) in [7, 11) is 0. The van der Waals surface area contributed by atoms with Gasteiger partial charge in [0.1, 0.15) is 5.60 Å². The van der Waals surface area contributed by atoms with Gasteiger partial charge in [0.25, 0.3) is 0 Å². The molecule has 0 spiro atoms. The van der Waals surface area contributed by atoms with Crippen LogP contribution in [0.5, 0.6) is 11.5 Å². The van der Waals surface area contributed by atoms with Crippen molar-refractivity contribution in [3.05, 3.63) is 45.1 Å². The van der Waals surface area contributed by atoms with E-state index in [4.69, 9.17) is 23.7 Å². The molecule has 1 aliphatic rings. The van der Waals surface area contributed by atoms with Crippen LogP contribution in [-0.4, -0.2) is 73.1 Å². The molecule has 0 fully saturated rings. The zero-order valence-corrected chi connectivity index (χ0v) is 28.3. The first-order valence-electron chi connectivity index (χ1n) is 15.8. The van der Waals surface area contributed by atoms with E-state index in [0.29, 0.717) is 24.4 Å². The summed E-state index contributed by atoms with van der Waals surface area (Å²) >= 11 is 1.39. The molecule has 0 saturated carbocycles. The Morgan fingerprint density at radius 1 is 0.826 bits per heavy atom. The number of Topliss-reactive ketones (excluding diaryl/α,β-unsaturated/α-hetero) is 2. The highest BCUT2D eigenvalue weighted by atomic mass is 32.1. The van der Waals surface area contributed by atoms with Crippen molar-refractivity contribution in [3.63, 3.8) is 0 Å². The van der Waals surface area contributed by atoms with Crippen molar-refractivity contribution in [2.75, 3.05) is 33.0 Å². The van der Waals surface area contributed by atoms with Gasteiger partial charge < -0.3 is 28.6 Å². The van der Waals surface area contributed by atoms with Gasteiger partial charge in [-0.15, -0.1) is 11.3 Å². The Hall–Kier alpha value is -3.93. The van der Waals surface area contributed by atoms with E-state index in [1.54, 1.807) is 11.0 Å². The van der Waals surface area contributed by atoms with Gasteiger partial charge >= 0.3 is 18.0 Å². The number of benzene rings is 1. The highest BCUT2D eigenvalue weighted by Crippen LogP contribution is 2.31. The molecule has 0 N–H and O–H groups in total. The molecule has 0 saturated heterocycles. The van der Waals surface area contributed by atoms with E-state index in [9.17, 15) is 24.0 Å². The molecule has 252 valence electrons. The topological polar surface area (TPSA) is 135 Å². The van der Waals surface area contributed by atoms with E-state index in [0.717, 1.165) is 36.1 Å². The fraction of sp³-hybridized carbons (Fsp3) is 0.559. The average molecular weight is 660 g/mol. The molecule has 46 heavy (non-hydrogen) atoms. The molecule has 2 aromatic rings. The van der Waals surface area contributed by atoms with Crippen LogP contribution >= 0.6 is 11.3 Å². The van der Waals surface area contributed by atoms with Crippen molar-refractivity contribution in [1.29, 1.82) is 0 Å². The number of amides is 1. The molecule has 12 heteroatoms. The highest BCUT2D eigenvalue weighted by Gasteiger charge is 2.28. The minimum atomic E-state index is -0.595. The minimum Gasteiger partial charge on any atom is -0.478 e. The van der Waals surface area contributed by atoms with Crippen LogP contribution in [0, 0.1) is 0 Å². The number of rotatable bonds is 17. The summed E-state index contributed by atoms with van der Waals surface area (Å²) in [6.45, 7) is 10.1. The van der Waals surface area contributed by atoms with Gasteiger partial charge in [0.05, 0.1) is 24.6 Å². The lowest BCUT2D eigenvalue weighted by Gasteiger charge is -2.29. The van der Waals surface area contributed by atoms with Crippen LogP contribution in [0.2, 0.25) is 0 Å². The number of unbranched alkanes of at least 4 members (excludes halogenated alkanes) is 2. The molecule has 3 rings (SSSR count). The number of carbonyl (C=O) groups excluding carboxylic acids is 5. The lowest BCUT2D eigenvalue weighted by molar-refractivity contribution is -0.147. The molecule has 11 nitrogen and oxygen atoms in total. The van der Waals surface area contributed by atoms with Crippen molar-refractivity contribution in [3.8, 4) is 11.5 Å². The molecule has 0 aliphatic carbocycles. The summed E-state index contributed by atoms with van der Waals surface area (Å²) in [5.41, 5.74) is 0.581. The van der Waals surface area contributed by atoms with Crippen LogP contribution in [0.4, 0.5) is 4.79 Å². The average Bonchev–Trinajstić information content (AvgIpc) is 3.45. The Bertz CT molecular complexity index is 1380. The van der Waals surface area contributed by atoms with Crippen LogP contribution in [0.15, 0.2) is 24.3 Å². The maximum absolute atomic E-state index is 13.1. The van der Waals surface area contributed by atoms with Crippen LogP contribution < -0.4 is 9.47 Å². The summed E-state index contributed by atoms with van der Waals surface area (Å²) in [6.07, 6.45) is 3.40. The van der Waals surface area contributed by atoms with Gasteiger partial charge in [0.2, 0.25) is 0 Å². The number of thiophene rings is 1. The zero-order chi connectivity index (χ0) is 33.7. The summed E-state index contributed by atoms with van der Waals surface area (Å²) in [6, 6.07) is 6.23. The molecule has 1 aliphatic heterocycles. The minimum absolute atomic E-state index is 0.00416. The van der Waals surface area contributed by atoms with Gasteiger partial charge in [0.15, 0.2) is 36.3 Å². The predicted octanol–water partition coefficient (Wildman–Crippen LogP) is 6.33. The second-order valence-electron chi connectivity index (χ2n) is 11.9. The van der Waals surface area contributed by atoms with Gasteiger partial charge in [0, 0.05) is 29.8 Å².